The zero-order valence-electron chi connectivity index (χ0n) is 24.1. The summed E-state index contributed by atoms with van der Waals surface area (Å²) in [6, 6.07) is 21.5. The van der Waals surface area contributed by atoms with Gasteiger partial charge in [-0.05, 0) is 61.2 Å². The first-order valence-corrected chi connectivity index (χ1v) is 14.8. The van der Waals surface area contributed by atoms with Crippen LogP contribution < -0.4 is 10.2 Å². The molecule has 1 fully saturated rings. The van der Waals surface area contributed by atoms with E-state index in [2.05, 4.69) is 23.3 Å². The third-order valence-corrected chi connectivity index (χ3v) is 8.22. The van der Waals surface area contributed by atoms with Gasteiger partial charge in [0.15, 0.2) is 0 Å². The number of para-hydroxylation sites is 1. The lowest BCUT2D eigenvalue weighted by atomic mass is 9.88. The van der Waals surface area contributed by atoms with E-state index in [1.807, 2.05) is 49.4 Å². The first-order chi connectivity index (χ1) is 20.5. The van der Waals surface area contributed by atoms with Gasteiger partial charge in [-0.3, -0.25) is 14.5 Å². The van der Waals surface area contributed by atoms with Crippen molar-refractivity contribution in [2.24, 2.45) is 0 Å². The Kier molecular flexibility index (Phi) is 7.80. The minimum Gasteiger partial charge on any atom is -0.381 e. The van der Waals surface area contributed by atoms with Gasteiger partial charge in [0.2, 0.25) is 0 Å². The highest BCUT2D eigenvalue weighted by atomic mass is 16.5. The van der Waals surface area contributed by atoms with Crippen molar-refractivity contribution in [3.63, 3.8) is 0 Å². The molecule has 4 amide bonds. The molecule has 6 rings (SSSR count). The van der Waals surface area contributed by atoms with Gasteiger partial charge in [0, 0.05) is 48.3 Å². The van der Waals surface area contributed by atoms with E-state index in [1.165, 1.54) is 4.90 Å². The van der Waals surface area contributed by atoms with E-state index in [1.54, 1.807) is 29.2 Å². The molecule has 2 atom stereocenters. The van der Waals surface area contributed by atoms with Gasteiger partial charge in [0.05, 0.1) is 5.69 Å². The standard InChI is InChI=1S/C34H36N4O4/c1-3-4-19-42-20-7-18-35-32(39)24-14-16-25(17-15-24)37-33(40)29-21-27-26-8-5-6-9-28(26)36-30(27)31(38(29)34(37)41)23-12-10-22(2)11-13-23/h5-6,8-17,29,31,36H,3-4,7,18-21H2,1-2H3,(H,35,39)/t29-,31-/m0/s1. The number of anilines is 1. The molecule has 3 heterocycles. The summed E-state index contributed by atoms with van der Waals surface area (Å²) in [5, 5.41) is 3.98. The number of fused-ring (bicyclic) bond motifs is 4. The topological polar surface area (TPSA) is 94.7 Å². The van der Waals surface area contributed by atoms with Crippen molar-refractivity contribution in [3.8, 4) is 0 Å². The Balaban J connectivity index is 1.23. The lowest BCUT2D eigenvalue weighted by molar-refractivity contribution is -0.120. The summed E-state index contributed by atoms with van der Waals surface area (Å²) < 4.78 is 5.55. The second-order valence-corrected chi connectivity index (χ2v) is 11.1. The number of aromatic amines is 1. The van der Waals surface area contributed by atoms with Gasteiger partial charge in [-0.2, -0.15) is 0 Å². The quantitative estimate of drug-likeness (QED) is 0.185. The number of urea groups is 1. The predicted octanol–water partition coefficient (Wildman–Crippen LogP) is 5.90. The maximum atomic E-state index is 14.0. The second kappa shape index (κ2) is 11.8. The Bertz CT molecular complexity index is 1610. The van der Waals surface area contributed by atoms with Gasteiger partial charge in [0.1, 0.15) is 12.1 Å². The molecule has 0 spiro atoms. The summed E-state index contributed by atoms with van der Waals surface area (Å²) in [6.45, 7) is 6.02. The second-order valence-electron chi connectivity index (χ2n) is 11.1. The SMILES string of the molecule is CCCCOCCCNC(=O)c1ccc(N2C(=O)[C@@H]3Cc4c([nH]c5ccccc45)[C@H](c4ccc(C)cc4)N3C2=O)cc1. The third-order valence-electron chi connectivity index (χ3n) is 8.22. The molecular weight excluding hydrogens is 528 g/mol. The van der Waals surface area contributed by atoms with Gasteiger partial charge in [-0.15, -0.1) is 0 Å². The molecular formula is C34H36N4O4. The Hall–Kier alpha value is -4.43. The smallest absolute Gasteiger partial charge is 0.332 e. The molecule has 8 heteroatoms. The summed E-state index contributed by atoms with van der Waals surface area (Å²) in [6.07, 6.45) is 3.31. The largest absolute Gasteiger partial charge is 0.381 e. The molecule has 0 bridgehead atoms. The Morgan fingerprint density at radius 1 is 0.976 bits per heavy atom. The first-order valence-electron chi connectivity index (χ1n) is 14.8. The number of benzene rings is 3. The van der Waals surface area contributed by atoms with Crippen LogP contribution in [0, 0.1) is 6.92 Å². The highest BCUT2D eigenvalue weighted by Gasteiger charge is 2.53. The molecule has 1 aromatic heterocycles. The van der Waals surface area contributed by atoms with Gasteiger partial charge in [-0.1, -0.05) is 61.4 Å². The molecule has 216 valence electrons. The van der Waals surface area contributed by atoms with Crippen LogP contribution in [0.2, 0.25) is 0 Å². The van der Waals surface area contributed by atoms with Crippen LogP contribution in [0.4, 0.5) is 10.5 Å². The molecule has 0 aliphatic carbocycles. The predicted molar refractivity (Wildman–Crippen MR) is 163 cm³/mol. The average molecular weight is 565 g/mol. The van der Waals surface area contributed by atoms with Gasteiger partial charge < -0.3 is 15.0 Å². The van der Waals surface area contributed by atoms with Crippen molar-refractivity contribution in [2.45, 2.75) is 51.6 Å². The number of hydrogen-bond donors (Lipinski definition) is 2. The molecule has 1 saturated heterocycles. The van der Waals surface area contributed by atoms with Crippen LogP contribution in [0.1, 0.15) is 65.0 Å². The summed E-state index contributed by atoms with van der Waals surface area (Å²) in [5.74, 6) is -0.454. The number of carbonyl (C=O) groups excluding carboxylic acids is 3. The first kappa shape index (κ1) is 27.7. The van der Waals surface area contributed by atoms with E-state index >= 15 is 0 Å². The van der Waals surface area contributed by atoms with E-state index in [-0.39, 0.29) is 17.8 Å². The van der Waals surface area contributed by atoms with E-state index in [4.69, 9.17) is 4.74 Å². The van der Waals surface area contributed by atoms with Crippen molar-refractivity contribution in [1.29, 1.82) is 0 Å². The maximum absolute atomic E-state index is 14.0. The minimum atomic E-state index is -0.627. The monoisotopic (exact) mass is 564 g/mol. The summed E-state index contributed by atoms with van der Waals surface area (Å²) >= 11 is 0. The highest BCUT2D eigenvalue weighted by molar-refractivity contribution is 6.22. The number of nitrogens with zero attached hydrogens (tertiary/aromatic N) is 2. The number of H-pyrrole nitrogens is 1. The van der Waals surface area contributed by atoms with Crippen LogP contribution in [0.25, 0.3) is 10.9 Å². The van der Waals surface area contributed by atoms with E-state index in [0.717, 1.165) is 59.2 Å². The fourth-order valence-electron chi connectivity index (χ4n) is 6.00. The summed E-state index contributed by atoms with van der Waals surface area (Å²) in [7, 11) is 0. The number of amides is 4. The molecule has 0 radical (unpaired) electrons. The van der Waals surface area contributed by atoms with E-state index in [9.17, 15) is 14.4 Å². The summed E-state index contributed by atoms with van der Waals surface area (Å²) in [5.41, 5.74) is 6.01. The molecule has 3 aromatic carbocycles. The summed E-state index contributed by atoms with van der Waals surface area (Å²) in [4.78, 5) is 47.1. The maximum Gasteiger partial charge on any atom is 0.332 e. The van der Waals surface area contributed by atoms with Crippen molar-refractivity contribution in [1.82, 2.24) is 15.2 Å². The van der Waals surface area contributed by atoms with Crippen LogP contribution in [-0.2, 0) is 16.0 Å². The molecule has 2 N–H and O–H groups in total. The highest BCUT2D eigenvalue weighted by Crippen LogP contribution is 2.44. The lowest BCUT2D eigenvalue weighted by Crippen LogP contribution is -2.44. The van der Waals surface area contributed by atoms with Crippen LogP contribution in [0.3, 0.4) is 0 Å². The molecule has 0 saturated carbocycles. The third kappa shape index (κ3) is 5.07. The van der Waals surface area contributed by atoms with E-state index < -0.39 is 12.1 Å². The van der Waals surface area contributed by atoms with Gasteiger partial charge >= 0.3 is 6.03 Å². The number of hydrogen-bond acceptors (Lipinski definition) is 4. The fourth-order valence-corrected chi connectivity index (χ4v) is 6.00. The number of ether oxygens (including phenoxy) is 1. The van der Waals surface area contributed by atoms with E-state index in [0.29, 0.717) is 30.8 Å². The zero-order chi connectivity index (χ0) is 29.2. The Labute approximate surface area is 245 Å². The lowest BCUT2D eigenvalue weighted by Gasteiger charge is -2.36. The molecule has 2 aliphatic rings. The molecule has 42 heavy (non-hydrogen) atoms. The van der Waals surface area contributed by atoms with Crippen LogP contribution >= 0.6 is 0 Å². The van der Waals surface area contributed by atoms with Crippen molar-refractivity contribution in [3.05, 3.63) is 101 Å². The number of aromatic nitrogens is 1. The fraction of sp³-hybridized carbons (Fsp3) is 0.324. The number of aryl methyl sites for hydroxylation is 1. The van der Waals surface area contributed by atoms with Crippen LogP contribution in [0.5, 0.6) is 0 Å². The average Bonchev–Trinajstić information content (AvgIpc) is 3.50. The zero-order valence-corrected chi connectivity index (χ0v) is 24.1. The number of carbonyl (C=O) groups is 3. The number of imide groups is 1. The van der Waals surface area contributed by atoms with Crippen molar-refractivity contribution < 1.29 is 19.1 Å². The van der Waals surface area contributed by atoms with Gasteiger partial charge in [0.25, 0.3) is 11.8 Å². The van der Waals surface area contributed by atoms with Crippen molar-refractivity contribution >= 4 is 34.4 Å². The Morgan fingerprint density at radius 2 is 1.71 bits per heavy atom. The molecule has 0 unspecified atom stereocenters. The van der Waals surface area contributed by atoms with Crippen LogP contribution in [0.15, 0.2) is 72.8 Å². The van der Waals surface area contributed by atoms with Crippen molar-refractivity contribution in [2.75, 3.05) is 24.7 Å². The van der Waals surface area contributed by atoms with Gasteiger partial charge in [-0.25, -0.2) is 9.69 Å². The number of unbranched alkanes of at least 4 members (excludes halogenated alkanes) is 1. The number of rotatable bonds is 10. The molecule has 4 aromatic rings. The molecule has 2 aliphatic heterocycles. The Morgan fingerprint density at radius 3 is 2.48 bits per heavy atom. The van der Waals surface area contributed by atoms with Crippen LogP contribution in [-0.4, -0.2) is 53.5 Å². The number of nitrogens with one attached hydrogen (secondary N) is 2. The minimum absolute atomic E-state index is 0.198. The molecule has 8 nitrogen and oxygen atoms in total. The normalized spacial score (nSPS) is 18.0.